The summed E-state index contributed by atoms with van der Waals surface area (Å²) < 4.78 is 5.45. The molecule has 3 rings (SSSR count). The summed E-state index contributed by atoms with van der Waals surface area (Å²) in [6, 6.07) is 0. The lowest BCUT2D eigenvalue weighted by Gasteiger charge is -2.20. The van der Waals surface area contributed by atoms with E-state index >= 15 is 0 Å². The Morgan fingerprint density at radius 3 is 2.53 bits per heavy atom. The van der Waals surface area contributed by atoms with Gasteiger partial charge in [0.05, 0.1) is 12.0 Å². The van der Waals surface area contributed by atoms with Crippen molar-refractivity contribution in [3.63, 3.8) is 0 Å². The van der Waals surface area contributed by atoms with Gasteiger partial charge in [0, 0.05) is 5.92 Å². The molecule has 0 radical (unpaired) electrons. The van der Waals surface area contributed by atoms with Gasteiger partial charge in [0.2, 0.25) is 5.89 Å². The predicted molar refractivity (Wildman–Crippen MR) is 71.7 cm³/mol. The third-order valence-corrected chi connectivity index (χ3v) is 5.05. The summed E-state index contributed by atoms with van der Waals surface area (Å²) in [5, 5.41) is 14.1. The maximum atomic E-state index is 9.89. The number of aliphatic hydroxyl groups excluding tert-OH is 1. The van der Waals surface area contributed by atoms with Gasteiger partial charge in [-0.05, 0) is 43.9 Å². The second-order valence-electron chi connectivity index (χ2n) is 6.78. The second-order valence-corrected chi connectivity index (χ2v) is 6.78. The van der Waals surface area contributed by atoms with Crippen molar-refractivity contribution in [3.05, 3.63) is 11.7 Å². The third kappa shape index (κ3) is 2.31. The van der Waals surface area contributed by atoms with Gasteiger partial charge in [-0.25, -0.2) is 0 Å². The first kappa shape index (κ1) is 13.1. The summed E-state index contributed by atoms with van der Waals surface area (Å²) in [7, 11) is 0. The molecule has 0 spiro atoms. The molecule has 1 N–H and O–H groups in total. The van der Waals surface area contributed by atoms with Crippen molar-refractivity contribution in [1.82, 2.24) is 10.1 Å². The molecule has 4 nitrogen and oxygen atoms in total. The maximum absolute atomic E-state index is 9.89. The van der Waals surface area contributed by atoms with Crippen LogP contribution >= 0.6 is 0 Å². The lowest BCUT2D eigenvalue weighted by molar-refractivity contribution is 0.120. The van der Waals surface area contributed by atoms with E-state index < -0.39 is 6.10 Å². The summed E-state index contributed by atoms with van der Waals surface area (Å²) in [5.74, 6) is 3.89. The zero-order valence-corrected chi connectivity index (χ0v) is 12.0. The van der Waals surface area contributed by atoms with Crippen LogP contribution in [0.4, 0.5) is 0 Å². The Bertz CT molecular complexity index is 433. The standard InChI is InChI=1S/C15H24N2O2/c1-8(2)13(9(3)18)15-16-14(17-19-15)12-7-10-4-5-11(12)6-10/h8-13,18H,4-7H2,1-3H3. The first-order valence-corrected chi connectivity index (χ1v) is 7.57. The van der Waals surface area contributed by atoms with Crippen molar-refractivity contribution in [1.29, 1.82) is 0 Å². The van der Waals surface area contributed by atoms with E-state index in [1.807, 2.05) is 0 Å². The van der Waals surface area contributed by atoms with Crippen LogP contribution < -0.4 is 0 Å². The normalized spacial score (nSPS) is 33.0. The molecule has 2 aliphatic carbocycles. The van der Waals surface area contributed by atoms with Crippen LogP contribution in [0.1, 0.15) is 70.0 Å². The Hall–Kier alpha value is -0.900. The lowest BCUT2D eigenvalue weighted by atomic mass is 9.88. The SMILES string of the molecule is CC(C)C(c1nc(C2CC3CCC2C3)no1)C(C)O. The number of nitrogens with zero attached hydrogens (tertiary/aromatic N) is 2. The molecule has 2 bridgehead atoms. The lowest BCUT2D eigenvalue weighted by Crippen LogP contribution is -2.20. The molecule has 4 heteroatoms. The fourth-order valence-corrected chi connectivity index (χ4v) is 4.14. The van der Waals surface area contributed by atoms with Crippen LogP contribution in [0.3, 0.4) is 0 Å². The highest BCUT2D eigenvalue weighted by Crippen LogP contribution is 2.52. The minimum Gasteiger partial charge on any atom is -0.393 e. The number of rotatable bonds is 4. The Labute approximate surface area is 114 Å². The summed E-state index contributed by atoms with van der Waals surface area (Å²) in [6.45, 7) is 5.96. The third-order valence-electron chi connectivity index (χ3n) is 5.05. The van der Waals surface area contributed by atoms with E-state index in [4.69, 9.17) is 4.52 Å². The van der Waals surface area contributed by atoms with E-state index in [-0.39, 0.29) is 5.92 Å². The molecule has 5 atom stereocenters. The Morgan fingerprint density at radius 2 is 2.00 bits per heavy atom. The van der Waals surface area contributed by atoms with E-state index in [0.717, 1.165) is 17.7 Å². The summed E-state index contributed by atoms with van der Waals surface area (Å²) >= 11 is 0. The van der Waals surface area contributed by atoms with Gasteiger partial charge < -0.3 is 9.63 Å². The van der Waals surface area contributed by atoms with Crippen LogP contribution in [0, 0.1) is 17.8 Å². The van der Waals surface area contributed by atoms with Crippen molar-refractivity contribution < 1.29 is 9.63 Å². The molecule has 5 unspecified atom stereocenters. The highest BCUT2D eigenvalue weighted by Gasteiger charge is 2.42. The summed E-state index contributed by atoms with van der Waals surface area (Å²) in [6.07, 6.45) is 4.83. The number of hydrogen-bond donors (Lipinski definition) is 1. The number of fused-ring (bicyclic) bond motifs is 2. The first-order valence-electron chi connectivity index (χ1n) is 7.57. The van der Waals surface area contributed by atoms with Crippen molar-refractivity contribution in [2.24, 2.45) is 17.8 Å². The molecule has 2 fully saturated rings. The van der Waals surface area contributed by atoms with Crippen molar-refractivity contribution in [2.75, 3.05) is 0 Å². The molecule has 1 aromatic heterocycles. The van der Waals surface area contributed by atoms with E-state index in [1.165, 1.54) is 25.7 Å². The molecule has 2 saturated carbocycles. The van der Waals surface area contributed by atoms with Gasteiger partial charge in [-0.15, -0.1) is 0 Å². The number of hydrogen-bond acceptors (Lipinski definition) is 4. The van der Waals surface area contributed by atoms with Gasteiger partial charge in [-0.3, -0.25) is 0 Å². The van der Waals surface area contributed by atoms with Crippen molar-refractivity contribution >= 4 is 0 Å². The molecule has 2 aliphatic rings. The molecule has 1 aromatic rings. The molecule has 0 saturated heterocycles. The van der Waals surface area contributed by atoms with E-state index in [2.05, 4.69) is 24.0 Å². The van der Waals surface area contributed by atoms with Crippen LogP contribution in [-0.4, -0.2) is 21.4 Å². The largest absolute Gasteiger partial charge is 0.393 e. The topological polar surface area (TPSA) is 59.2 Å². The zero-order chi connectivity index (χ0) is 13.6. The van der Waals surface area contributed by atoms with Crippen LogP contribution in [0.2, 0.25) is 0 Å². The van der Waals surface area contributed by atoms with Gasteiger partial charge in [-0.2, -0.15) is 4.98 Å². The minimum absolute atomic E-state index is 0.0557. The van der Waals surface area contributed by atoms with E-state index in [1.54, 1.807) is 6.92 Å². The molecule has 1 heterocycles. The Balaban J connectivity index is 1.79. The Morgan fingerprint density at radius 1 is 1.21 bits per heavy atom. The predicted octanol–water partition coefficient (Wildman–Crippen LogP) is 3.09. The molecular formula is C15H24N2O2. The molecular weight excluding hydrogens is 240 g/mol. The van der Waals surface area contributed by atoms with Gasteiger partial charge in [-0.1, -0.05) is 25.4 Å². The number of aliphatic hydroxyl groups is 1. The molecule has 0 aliphatic heterocycles. The first-order chi connectivity index (χ1) is 9.06. The van der Waals surface area contributed by atoms with Crippen molar-refractivity contribution in [3.8, 4) is 0 Å². The zero-order valence-electron chi connectivity index (χ0n) is 12.0. The molecule has 0 aromatic carbocycles. The Kier molecular flexibility index (Phi) is 3.37. The van der Waals surface area contributed by atoms with Crippen LogP contribution in [0.25, 0.3) is 0 Å². The van der Waals surface area contributed by atoms with E-state index in [0.29, 0.717) is 17.7 Å². The van der Waals surface area contributed by atoms with Crippen LogP contribution in [0.5, 0.6) is 0 Å². The van der Waals surface area contributed by atoms with Crippen LogP contribution in [0.15, 0.2) is 4.52 Å². The monoisotopic (exact) mass is 264 g/mol. The van der Waals surface area contributed by atoms with E-state index in [9.17, 15) is 5.11 Å². The second kappa shape index (κ2) is 4.89. The molecule has 0 amide bonds. The number of aromatic nitrogens is 2. The highest BCUT2D eigenvalue weighted by atomic mass is 16.5. The highest BCUT2D eigenvalue weighted by molar-refractivity contribution is 5.08. The van der Waals surface area contributed by atoms with Gasteiger partial charge in [0.15, 0.2) is 5.82 Å². The minimum atomic E-state index is -0.451. The van der Waals surface area contributed by atoms with Gasteiger partial charge in [0.1, 0.15) is 0 Å². The molecule has 106 valence electrons. The summed E-state index contributed by atoms with van der Waals surface area (Å²) in [4.78, 5) is 4.62. The quantitative estimate of drug-likeness (QED) is 0.907. The fraction of sp³-hybridized carbons (Fsp3) is 0.867. The maximum Gasteiger partial charge on any atom is 0.232 e. The molecule has 19 heavy (non-hydrogen) atoms. The van der Waals surface area contributed by atoms with Gasteiger partial charge >= 0.3 is 0 Å². The average Bonchev–Trinajstić information content (AvgIpc) is 3.02. The fourth-order valence-electron chi connectivity index (χ4n) is 4.14. The average molecular weight is 264 g/mol. The van der Waals surface area contributed by atoms with Crippen molar-refractivity contribution in [2.45, 2.75) is 64.4 Å². The summed E-state index contributed by atoms with van der Waals surface area (Å²) in [5.41, 5.74) is 0. The van der Waals surface area contributed by atoms with Gasteiger partial charge in [0.25, 0.3) is 0 Å². The smallest absolute Gasteiger partial charge is 0.232 e. The van der Waals surface area contributed by atoms with Crippen LogP contribution in [-0.2, 0) is 0 Å².